The van der Waals surface area contributed by atoms with Gasteiger partial charge in [0.1, 0.15) is 5.82 Å². The predicted molar refractivity (Wildman–Crippen MR) is 143 cm³/mol. The van der Waals surface area contributed by atoms with E-state index in [0.717, 1.165) is 37.7 Å². The molecule has 0 spiro atoms. The minimum absolute atomic E-state index is 0.0388. The molecule has 0 bridgehead atoms. The Kier molecular flexibility index (Phi) is 7.93. The molecule has 2 aliphatic rings. The molecule has 0 N–H and O–H groups in total. The van der Waals surface area contributed by atoms with E-state index in [4.69, 9.17) is 0 Å². The van der Waals surface area contributed by atoms with E-state index >= 15 is 17.6 Å². The van der Waals surface area contributed by atoms with E-state index in [0.29, 0.717) is 29.0 Å². The van der Waals surface area contributed by atoms with Crippen LogP contribution in [0.5, 0.6) is 0 Å². The molecular formula is C33H35F5. The number of benzene rings is 3. The largest absolute Gasteiger partial charge is 0.206 e. The molecule has 0 saturated heterocycles. The minimum atomic E-state index is -1.26. The van der Waals surface area contributed by atoms with Gasteiger partial charge in [-0.15, -0.1) is 0 Å². The van der Waals surface area contributed by atoms with E-state index in [2.05, 4.69) is 6.92 Å². The second-order valence-corrected chi connectivity index (χ2v) is 11.2. The average Bonchev–Trinajstić information content (AvgIpc) is 3.28. The van der Waals surface area contributed by atoms with E-state index in [1.807, 2.05) is 6.92 Å². The summed E-state index contributed by atoms with van der Waals surface area (Å²) >= 11 is 0. The second kappa shape index (κ2) is 11.2. The molecule has 202 valence electrons. The van der Waals surface area contributed by atoms with Crippen molar-refractivity contribution in [2.24, 2.45) is 5.92 Å². The molecule has 0 unspecified atom stereocenters. The van der Waals surface area contributed by atoms with Gasteiger partial charge in [0.25, 0.3) is 0 Å². The smallest absolute Gasteiger partial charge is 0.167 e. The normalized spacial score (nSPS) is 18.5. The Morgan fingerprint density at radius 1 is 0.684 bits per heavy atom. The first-order valence-electron chi connectivity index (χ1n) is 14.1. The minimum Gasteiger partial charge on any atom is -0.206 e. The van der Waals surface area contributed by atoms with Crippen LogP contribution in [-0.2, 0) is 12.8 Å². The van der Waals surface area contributed by atoms with Gasteiger partial charge in [-0.2, -0.15) is 0 Å². The van der Waals surface area contributed by atoms with Gasteiger partial charge in [0.05, 0.1) is 0 Å². The number of hydrogen-bond acceptors (Lipinski definition) is 0. The summed E-state index contributed by atoms with van der Waals surface area (Å²) in [6, 6.07) is 7.57. The number of rotatable bonds is 8. The van der Waals surface area contributed by atoms with E-state index in [9.17, 15) is 4.39 Å². The molecule has 0 nitrogen and oxygen atoms in total. The Balaban J connectivity index is 1.45. The molecule has 0 amide bonds. The molecule has 5 rings (SSSR count). The molecule has 3 aromatic rings. The van der Waals surface area contributed by atoms with Crippen LogP contribution >= 0.6 is 0 Å². The van der Waals surface area contributed by atoms with Crippen molar-refractivity contribution >= 4 is 0 Å². The molecule has 0 aromatic heterocycles. The number of halogens is 5. The second-order valence-electron chi connectivity index (χ2n) is 11.2. The summed E-state index contributed by atoms with van der Waals surface area (Å²) in [7, 11) is 0. The Labute approximate surface area is 222 Å². The van der Waals surface area contributed by atoms with Crippen LogP contribution < -0.4 is 0 Å². The molecule has 0 radical (unpaired) electrons. The van der Waals surface area contributed by atoms with E-state index in [1.165, 1.54) is 43.9 Å². The summed E-state index contributed by atoms with van der Waals surface area (Å²) in [4.78, 5) is 0. The SMILES string of the molecule is CCCCCC1CCC(c2cc3c(c(F)c2F)-c2c(cc(-c4ccc(CCC)cc4F)c(F)c2F)C3)CC1. The summed E-state index contributed by atoms with van der Waals surface area (Å²) in [5, 5.41) is 0. The van der Waals surface area contributed by atoms with Gasteiger partial charge in [-0.25, -0.2) is 22.0 Å². The third-order valence-corrected chi connectivity index (χ3v) is 8.60. The molecule has 38 heavy (non-hydrogen) atoms. The van der Waals surface area contributed by atoms with Crippen LogP contribution in [0.1, 0.15) is 99.8 Å². The van der Waals surface area contributed by atoms with Crippen LogP contribution in [0.3, 0.4) is 0 Å². The van der Waals surface area contributed by atoms with Crippen molar-refractivity contribution in [2.75, 3.05) is 0 Å². The first kappa shape index (κ1) is 26.9. The van der Waals surface area contributed by atoms with Crippen LogP contribution in [0.15, 0.2) is 30.3 Å². The van der Waals surface area contributed by atoms with E-state index in [1.54, 1.807) is 12.1 Å². The molecule has 0 atom stereocenters. The zero-order chi connectivity index (χ0) is 27.0. The van der Waals surface area contributed by atoms with Crippen molar-refractivity contribution in [3.63, 3.8) is 0 Å². The maximum Gasteiger partial charge on any atom is 0.167 e. The van der Waals surface area contributed by atoms with Crippen molar-refractivity contribution in [1.29, 1.82) is 0 Å². The fraction of sp³-hybridized carbons (Fsp3) is 0.455. The molecule has 0 heterocycles. The molecular weight excluding hydrogens is 491 g/mol. The summed E-state index contributed by atoms with van der Waals surface area (Å²) in [5.74, 6) is -4.63. The Hall–Kier alpha value is -2.69. The van der Waals surface area contributed by atoms with Gasteiger partial charge in [-0.3, -0.25) is 0 Å². The summed E-state index contributed by atoms with van der Waals surface area (Å²) in [6.07, 6.45) is 10.1. The van der Waals surface area contributed by atoms with Gasteiger partial charge in [0.2, 0.25) is 0 Å². The predicted octanol–water partition coefficient (Wildman–Crippen LogP) is 10.4. The molecule has 5 heteroatoms. The number of fused-ring (bicyclic) bond motifs is 3. The maximum atomic E-state index is 15.5. The Bertz CT molecular complexity index is 1330. The third-order valence-electron chi connectivity index (χ3n) is 8.60. The van der Waals surface area contributed by atoms with Crippen LogP contribution in [0.2, 0.25) is 0 Å². The highest BCUT2D eigenvalue weighted by Crippen LogP contribution is 2.47. The van der Waals surface area contributed by atoms with Crippen molar-refractivity contribution in [3.8, 4) is 22.3 Å². The molecule has 2 aliphatic carbocycles. The molecule has 1 saturated carbocycles. The highest BCUT2D eigenvalue weighted by molar-refractivity contribution is 5.82. The number of unbranched alkanes of at least 4 members (excludes halogenated alkanes) is 2. The quantitative estimate of drug-likeness (QED) is 0.158. The Morgan fingerprint density at radius 3 is 2.03 bits per heavy atom. The maximum absolute atomic E-state index is 15.5. The van der Waals surface area contributed by atoms with Gasteiger partial charge >= 0.3 is 0 Å². The molecule has 3 aromatic carbocycles. The lowest BCUT2D eigenvalue weighted by Crippen LogP contribution is -2.15. The average molecular weight is 527 g/mol. The topological polar surface area (TPSA) is 0 Å². The molecule has 1 fully saturated rings. The first-order chi connectivity index (χ1) is 18.3. The fourth-order valence-corrected chi connectivity index (χ4v) is 6.56. The van der Waals surface area contributed by atoms with Gasteiger partial charge < -0.3 is 0 Å². The van der Waals surface area contributed by atoms with Gasteiger partial charge in [0, 0.05) is 22.3 Å². The van der Waals surface area contributed by atoms with E-state index in [-0.39, 0.29) is 34.6 Å². The van der Waals surface area contributed by atoms with Crippen LogP contribution in [0, 0.1) is 35.0 Å². The lowest BCUT2D eigenvalue weighted by Gasteiger charge is -2.29. The van der Waals surface area contributed by atoms with Gasteiger partial charge in [-0.05, 0) is 84.7 Å². The van der Waals surface area contributed by atoms with Gasteiger partial charge in [-0.1, -0.05) is 64.2 Å². The first-order valence-corrected chi connectivity index (χ1v) is 14.1. The monoisotopic (exact) mass is 526 g/mol. The third kappa shape index (κ3) is 4.89. The zero-order valence-corrected chi connectivity index (χ0v) is 22.2. The van der Waals surface area contributed by atoms with E-state index < -0.39 is 29.1 Å². The lowest BCUT2D eigenvalue weighted by atomic mass is 9.76. The fourth-order valence-electron chi connectivity index (χ4n) is 6.56. The summed E-state index contributed by atoms with van der Waals surface area (Å²) < 4.78 is 76.4. The summed E-state index contributed by atoms with van der Waals surface area (Å²) in [5.41, 5.74) is 1.26. The van der Waals surface area contributed by atoms with Crippen LogP contribution in [-0.4, -0.2) is 0 Å². The van der Waals surface area contributed by atoms with Crippen molar-refractivity contribution in [2.45, 2.75) is 90.4 Å². The summed E-state index contributed by atoms with van der Waals surface area (Å²) in [6.45, 7) is 4.16. The van der Waals surface area contributed by atoms with Gasteiger partial charge in [0.15, 0.2) is 23.3 Å². The standard InChI is InChI=1S/C33H35F5/c1-3-5-6-8-19-9-12-21(13-10-19)25-17-22-16-23-18-26(24-14-11-20(7-4-2)15-27(24)34)31(36)33(38)29(23)28(22)32(37)30(25)35/h11,14-15,17-19,21H,3-10,12-13,16H2,1-2H3. The highest BCUT2D eigenvalue weighted by atomic mass is 19.2. The Morgan fingerprint density at radius 2 is 1.37 bits per heavy atom. The zero-order valence-electron chi connectivity index (χ0n) is 22.2. The van der Waals surface area contributed by atoms with Crippen LogP contribution in [0.4, 0.5) is 22.0 Å². The van der Waals surface area contributed by atoms with Crippen LogP contribution in [0.25, 0.3) is 22.3 Å². The number of aryl methyl sites for hydroxylation is 1. The highest BCUT2D eigenvalue weighted by Gasteiger charge is 2.34. The van der Waals surface area contributed by atoms with Crippen molar-refractivity contribution in [3.05, 3.63) is 81.7 Å². The van der Waals surface area contributed by atoms with Crippen molar-refractivity contribution in [1.82, 2.24) is 0 Å². The molecule has 0 aliphatic heterocycles. The van der Waals surface area contributed by atoms with Crippen molar-refractivity contribution < 1.29 is 22.0 Å². The lowest BCUT2D eigenvalue weighted by molar-refractivity contribution is 0.298. The number of hydrogen-bond donors (Lipinski definition) is 0.